The van der Waals surface area contributed by atoms with E-state index in [1.54, 1.807) is 16.4 Å². The number of nitrogens with zero attached hydrogens (tertiary/aromatic N) is 4. The Hall–Kier alpha value is -0.660. The molecule has 1 aromatic rings. The fourth-order valence-electron chi connectivity index (χ4n) is 1.07. The van der Waals surface area contributed by atoms with E-state index in [0.717, 1.165) is 30.5 Å². The number of rotatable bonds is 8. The van der Waals surface area contributed by atoms with Crippen molar-refractivity contribution in [2.24, 2.45) is 5.92 Å². The Morgan fingerprint density at radius 1 is 1.56 bits per heavy atom. The van der Waals surface area contributed by atoms with Crippen LogP contribution in [-0.4, -0.2) is 50.8 Å². The highest BCUT2D eigenvalue weighted by Crippen LogP contribution is 2.16. The predicted molar refractivity (Wildman–Crippen MR) is 63.3 cm³/mol. The van der Waals surface area contributed by atoms with Crippen molar-refractivity contribution in [3.05, 3.63) is 0 Å². The van der Waals surface area contributed by atoms with E-state index in [9.17, 15) is 0 Å². The van der Waals surface area contributed by atoms with Crippen LogP contribution in [0.4, 0.5) is 0 Å². The lowest BCUT2D eigenvalue weighted by molar-refractivity contribution is 0.250. The van der Waals surface area contributed by atoms with Gasteiger partial charge in [-0.3, -0.25) is 0 Å². The van der Waals surface area contributed by atoms with E-state index in [1.807, 2.05) is 6.92 Å². The van der Waals surface area contributed by atoms with Gasteiger partial charge >= 0.3 is 0 Å². The molecule has 0 bridgehead atoms. The molecule has 0 fully saturated rings. The Morgan fingerprint density at radius 3 is 3.06 bits per heavy atom. The molecule has 2 N–H and O–H groups in total. The summed E-state index contributed by atoms with van der Waals surface area (Å²) in [5.41, 5.74) is 0. The zero-order chi connectivity index (χ0) is 11.8. The molecule has 7 heteroatoms. The molecule has 1 atom stereocenters. The van der Waals surface area contributed by atoms with E-state index in [0.29, 0.717) is 0 Å². The lowest BCUT2D eigenvalue weighted by Gasteiger charge is -2.07. The highest BCUT2D eigenvalue weighted by molar-refractivity contribution is 7.99. The number of hydrogen-bond acceptors (Lipinski definition) is 6. The first-order valence-electron chi connectivity index (χ1n) is 5.48. The van der Waals surface area contributed by atoms with Crippen molar-refractivity contribution in [3.8, 4) is 0 Å². The van der Waals surface area contributed by atoms with Gasteiger partial charge in [-0.1, -0.05) is 25.6 Å². The SMILES string of the molecule is CCNCCn1nnnc1SCC(C)CO. The van der Waals surface area contributed by atoms with Gasteiger partial charge in [0.2, 0.25) is 5.16 Å². The summed E-state index contributed by atoms with van der Waals surface area (Å²) in [4.78, 5) is 0. The molecule has 0 saturated heterocycles. The van der Waals surface area contributed by atoms with Crippen LogP contribution in [0.15, 0.2) is 5.16 Å². The van der Waals surface area contributed by atoms with Crippen LogP contribution in [0, 0.1) is 5.92 Å². The molecule has 0 aromatic carbocycles. The molecule has 1 rings (SSSR count). The fraction of sp³-hybridized carbons (Fsp3) is 0.889. The van der Waals surface area contributed by atoms with Crippen LogP contribution in [0.2, 0.25) is 0 Å². The van der Waals surface area contributed by atoms with E-state index in [-0.39, 0.29) is 12.5 Å². The van der Waals surface area contributed by atoms with Gasteiger partial charge in [0.25, 0.3) is 0 Å². The zero-order valence-electron chi connectivity index (χ0n) is 9.76. The van der Waals surface area contributed by atoms with Gasteiger partial charge in [0.15, 0.2) is 0 Å². The molecule has 1 aromatic heterocycles. The topological polar surface area (TPSA) is 75.9 Å². The summed E-state index contributed by atoms with van der Waals surface area (Å²) < 4.78 is 1.79. The number of nitrogens with one attached hydrogen (secondary N) is 1. The van der Waals surface area contributed by atoms with Gasteiger partial charge in [0, 0.05) is 18.9 Å². The van der Waals surface area contributed by atoms with Crippen LogP contribution < -0.4 is 5.32 Å². The second-order valence-corrected chi connectivity index (χ2v) is 4.62. The van der Waals surface area contributed by atoms with Crippen molar-refractivity contribution in [2.75, 3.05) is 25.4 Å². The molecule has 92 valence electrons. The normalized spacial score (nSPS) is 12.9. The molecule has 0 spiro atoms. The third-order valence-electron chi connectivity index (χ3n) is 2.06. The minimum Gasteiger partial charge on any atom is -0.396 e. The summed E-state index contributed by atoms with van der Waals surface area (Å²) in [5.74, 6) is 1.10. The molecule has 0 amide bonds. The molecule has 0 aliphatic rings. The molecule has 0 aliphatic heterocycles. The zero-order valence-corrected chi connectivity index (χ0v) is 10.6. The van der Waals surface area contributed by atoms with E-state index >= 15 is 0 Å². The van der Waals surface area contributed by atoms with E-state index in [1.165, 1.54) is 0 Å². The van der Waals surface area contributed by atoms with Crippen molar-refractivity contribution >= 4 is 11.8 Å². The predicted octanol–water partition coefficient (Wildman–Crippen LogP) is 0.00310. The van der Waals surface area contributed by atoms with Crippen LogP contribution in [0.1, 0.15) is 13.8 Å². The second kappa shape index (κ2) is 7.59. The Morgan fingerprint density at radius 2 is 2.38 bits per heavy atom. The smallest absolute Gasteiger partial charge is 0.209 e. The van der Waals surface area contributed by atoms with Crippen molar-refractivity contribution in [2.45, 2.75) is 25.5 Å². The van der Waals surface area contributed by atoms with Gasteiger partial charge in [-0.05, 0) is 22.9 Å². The minimum absolute atomic E-state index is 0.200. The van der Waals surface area contributed by atoms with E-state index in [2.05, 4.69) is 27.8 Å². The Balaban J connectivity index is 2.37. The van der Waals surface area contributed by atoms with Crippen LogP contribution in [0.3, 0.4) is 0 Å². The average molecular weight is 245 g/mol. The lowest BCUT2D eigenvalue weighted by Crippen LogP contribution is -2.20. The molecule has 0 radical (unpaired) electrons. The lowest BCUT2D eigenvalue weighted by atomic mass is 10.2. The maximum atomic E-state index is 8.92. The van der Waals surface area contributed by atoms with Crippen LogP contribution in [-0.2, 0) is 6.54 Å². The fourth-order valence-corrected chi connectivity index (χ4v) is 1.98. The van der Waals surface area contributed by atoms with Crippen LogP contribution >= 0.6 is 11.8 Å². The number of thioether (sulfide) groups is 1. The summed E-state index contributed by atoms with van der Waals surface area (Å²) in [5, 5.41) is 24.5. The maximum absolute atomic E-state index is 8.92. The van der Waals surface area contributed by atoms with Crippen molar-refractivity contribution in [1.82, 2.24) is 25.5 Å². The van der Waals surface area contributed by atoms with Crippen molar-refractivity contribution in [3.63, 3.8) is 0 Å². The molecule has 16 heavy (non-hydrogen) atoms. The standard InChI is InChI=1S/C9H19N5OS/c1-3-10-4-5-14-9(11-12-13-14)16-7-8(2)6-15/h8,10,15H,3-7H2,1-2H3. The summed E-state index contributed by atoms with van der Waals surface area (Å²) in [6, 6.07) is 0. The Bertz CT molecular complexity index is 293. The van der Waals surface area contributed by atoms with Crippen molar-refractivity contribution < 1.29 is 5.11 Å². The average Bonchev–Trinajstić information content (AvgIpc) is 2.74. The van der Waals surface area contributed by atoms with Crippen LogP contribution in [0.25, 0.3) is 0 Å². The third-order valence-corrected chi connectivity index (χ3v) is 3.34. The molecule has 0 aliphatic carbocycles. The molecule has 1 unspecified atom stereocenters. The number of aromatic nitrogens is 4. The van der Waals surface area contributed by atoms with Gasteiger partial charge in [-0.25, -0.2) is 4.68 Å². The monoisotopic (exact) mass is 245 g/mol. The van der Waals surface area contributed by atoms with Gasteiger partial charge < -0.3 is 10.4 Å². The minimum atomic E-state index is 0.200. The first kappa shape index (κ1) is 13.4. The van der Waals surface area contributed by atoms with E-state index in [4.69, 9.17) is 5.11 Å². The number of tetrazole rings is 1. The van der Waals surface area contributed by atoms with E-state index < -0.39 is 0 Å². The molecule has 0 saturated carbocycles. The van der Waals surface area contributed by atoms with Gasteiger partial charge in [-0.2, -0.15) is 0 Å². The van der Waals surface area contributed by atoms with Gasteiger partial charge in [-0.15, -0.1) is 5.10 Å². The Labute approximate surface area is 99.8 Å². The number of hydrogen-bond donors (Lipinski definition) is 2. The number of aliphatic hydroxyl groups is 1. The maximum Gasteiger partial charge on any atom is 0.209 e. The first-order valence-corrected chi connectivity index (χ1v) is 6.47. The molecule has 6 nitrogen and oxygen atoms in total. The number of likely N-dealkylation sites (N-methyl/N-ethyl adjacent to an activating group) is 1. The Kier molecular flexibility index (Phi) is 6.36. The highest BCUT2D eigenvalue weighted by Gasteiger charge is 2.08. The quantitative estimate of drug-likeness (QED) is 0.496. The second-order valence-electron chi connectivity index (χ2n) is 3.64. The highest BCUT2D eigenvalue weighted by atomic mass is 32.2. The molecular weight excluding hydrogens is 226 g/mol. The molecular formula is C9H19N5OS. The van der Waals surface area contributed by atoms with Gasteiger partial charge in [0.1, 0.15) is 0 Å². The third kappa shape index (κ3) is 4.46. The summed E-state index contributed by atoms with van der Waals surface area (Å²) in [6.45, 7) is 6.86. The summed E-state index contributed by atoms with van der Waals surface area (Å²) >= 11 is 1.58. The largest absolute Gasteiger partial charge is 0.396 e. The van der Waals surface area contributed by atoms with Crippen LogP contribution in [0.5, 0.6) is 0 Å². The summed E-state index contributed by atoms with van der Waals surface area (Å²) in [7, 11) is 0. The number of aliphatic hydroxyl groups excluding tert-OH is 1. The molecule has 1 heterocycles. The van der Waals surface area contributed by atoms with Crippen molar-refractivity contribution in [1.29, 1.82) is 0 Å². The van der Waals surface area contributed by atoms with Gasteiger partial charge in [0.05, 0.1) is 6.54 Å². The summed E-state index contributed by atoms with van der Waals surface area (Å²) in [6.07, 6.45) is 0. The first-order chi connectivity index (χ1) is 7.77.